The Hall–Kier alpha value is -1.81. The molecule has 0 aliphatic rings. The van der Waals surface area contributed by atoms with Gasteiger partial charge >= 0.3 is 0 Å². The van der Waals surface area contributed by atoms with Crippen LogP contribution in [0, 0.1) is 22.4 Å². The maximum absolute atomic E-state index is 11.7. The zero-order valence-corrected chi connectivity index (χ0v) is 10.5. The van der Waals surface area contributed by atoms with Gasteiger partial charge in [-0.1, -0.05) is 5.43 Å². The van der Waals surface area contributed by atoms with E-state index in [1.54, 1.807) is 5.43 Å². The Morgan fingerprint density at radius 2 is 2.44 bits per heavy atom. The quantitative estimate of drug-likeness (QED) is 0.177. The Labute approximate surface area is 106 Å². The molecule has 0 saturated carbocycles. The van der Waals surface area contributed by atoms with Crippen LogP contribution in [0.1, 0.15) is 11.4 Å². The zero-order chi connectivity index (χ0) is 13.5. The van der Waals surface area contributed by atoms with Crippen LogP contribution in [0.3, 0.4) is 0 Å². The largest absolute Gasteiger partial charge is 0.616 e. The van der Waals surface area contributed by atoms with Gasteiger partial charge in [0.2, 0.25) is 0 Å². The van der Waals surface area contributed by atoms with Crippen molar-refractivity contribution in [1.29, 1.82) is 5.41 Å². The number of nitrogens with zero attached hydrogens (tertiary/aromatic N) is 2. The first-order valence-electron chi connectivity index (χ1n) is 5.06. The van der Waals surface area contributed by atoms with Gasteiger partial charge in [-0.15, -0.1) is 0 Å². The molecule has 1 aromatic rings. The summed E-state index contributed by atoms with van der Waals surface area (Å²) in [4.78, 5) is 16.9. The molecule has 1 heterocycles. The minimum atomic E-state index is -1.13. The molecule has 0 aliphatic heterocycles. The lowest BCUT2D eigenvalue weighted by Gasteiger charge is -2.10. The first-order chi connectivity index (χ1) is 8.49. The van der Waals surface area contributed by atoms with Crippen LogP contribution in [0.4, 0.5) is 0 Å². The summed E-state index contributed by atoms with van der Waals surface area (Å²) in [7, 11) is 0. The van der Waals surface area contributed by atoms with Crippen LogP contribution < -0.4 is 10.7 Å². The van der Waals surface area contributed by atoms with E-state index in [9.17, 15) is 14.7 Å². The number of hydrogen-bond donors (Lipinski definition) is 4. The molecular weight excluding hydrogens is 260 g/mol. The first kappa shape index (κ1) is 14.3. The molecule has 0 radical (unpaired) electrons. The van der Waals surface area contributed by atoms with Crippen molar-refractivity contribution in [2.75, 3.05) is 12.3 Å². The van der Waals surface area contributed by atoms with Crippen molar-refractivity contribution in [3.05, 3.63) is 27.8 Å². The highest BCUT2D eigenvalue weighted by molar-refractivity contribution is 7.90. The molecule has 1 aromatic heterocycles. The van der Waals surface area contributed by atoms with Crippen LogP contribution in [0.5, 0.6) is 0 Å². The second-order valence-corrected chi connectivity index (χ2v) is 5.01. The van der Waals surface area contributed by atoms with E-state index in [4.69, 9.17) is 5.41 Å². The molecule has 9 nitrogen and oxygen atoms in total. The number of nitro groups is 1. The summed E-state index contributed by atoms with van der Waals surface area (Å²) in [5, 5.41) is 18.7. The Morgan fingerprint density at radius 3 is 3.00 bits per heavy atom. The SMILES string of the molecule is Cc1[nH]cnc1C[S+]([O-])CCNC(=N)N[N+](=O)[O-]. The van der Waals surface area contributed by atoms with Crippen LogP contribution in [0.25, 0.3) is 0 Å². The molecule has 0 aromatic carbocycles. The van der Waals surface area contributed by atoms with Crippen LogP contribution >= 0.6 is 0 Å². The molecule has 100 valence electrons. The van der Waals surface area contributed by atoms with Crippen LogP contribution in [0.2, 0.25) is 0 Å². The molecule has 0 fully saturated rings. The number of hydrazine groups is 1. The standard InChI is InChI=1S/C8H14N6O3S/c1-6-7(12-5-11-6)4-18(17)3-2-10-8(9)13-14(15)16/h5H,2-4H2,1H3,(H,11,12)(H3,9,10,13). The second-order valence-electron chi connectivity index (χ2n) is 3.43. The van der Waals surface area contributed by atoms with Crippen LogP contribution in [-0.2, 0) is 16.9 Å². The normalized spacial score (nSPS) is 11.9. The number of rotatable bonds is 6. The highest BCUT2D eigenvalue weighted by atomic mass is 32.2. The van der Waals surface area contributed by atoms with Crippen molar-refractivity contribution in [3.63, 3.8) is 0 Å². The van der Waals surface area contributed by atoms with E-state index in [1.807, 2.05) is 6.92 Å². The molecule has 0 bridgehead atoms. The first-order valence-corrected chi connectivity index (χ1v) is 6.55. The van der Waals surface area contributed by atoms with Crippen molar-refractivity contribution < 1.29 is 9.59 Å². The fraction of sp³-hybridized carbons (Fsp3) is 0.500. The molecule has 18 heavy (non-hydrogen) atoms. The molecule has 10 heteroatoms. The number of aromatic nitrogens is 2. The second kappa shape index (κ2) is 6.81. The average Bonchev–Trinajstić information content (AvgIpc) is 2.63. The van der Waals surface area contributed by atoms with E-state index in [0.29, 0.717) is 5.75 Å². The number of H-pyrrole nitrogens is 1. The number of hydrogen-bond acceptors (Lipinski definition) is 5. The van der Waals surface area contributed by atoms with Crippen molar-refractivity contribution in [2.45, 2.75) is 12.7 Å². The molecular formula is C8H14N6O3S. The van der Waals surface area contributed by atoms with Gasteiger partial charge in [-0.25, -0.2) is 15.1 Å². The van der Waals surface area contributed by atoms with Gasteiger partial charge in [0, 0.05) is 5.69 Å². The monoisotopic (exact) mass is 274 g/mol. The van der Waals surface area contributed by atoms with E-state index in [-0.39, 0.29) is 12.3 Å². The molecule has 1 unspecified atom stereocenters. The fourth-order valence-corrected chi connectivity index (χ4v) is 2.25. The van der Waals surface area contributed by atoms with Gasteiger partial charge in [0.1, 0.15) is 17.2 Å². The third-order valence-electron chi connectivity index (χ3n) is 2.07. The minimum absolute atomic E-state index is 0.218. The molecule has 4 N–H and O–H groups in total. The topological polar surface area (TPSA) is 143 Å². The van der Waals surface area contributed by atoms with Crippen LogP contribution in [-0.4, -0.2) is 37.8 Å². The van der Waals surface area contributed by atoms with E-state index in [1.165, 1.54) is 6.33 Å². The number of imidazole rings is 1. The lowest BCUT2D eigenvalue weighted by atomic mass is 10.4. The molecule has 0 aliphatic carbocycles. The van der Waals surface area contributed by atoms with Gasteiger partial charge in [0.05, 0.1) is 12.9 Å². The van der Waals surface area contributed by atoms with Gasteiger partial charge in [-0.05, 0) is 18.1 Å². The number of nitrogens with one attached hydrogen (secondary N) is 4. The van der Waals surface area contributed by atoms with Crippen molar-refractivity contribution >= 4 is 17.1 Å². The zero-order valence-electron chi connectivity index (χ0n) is 9.73. The van der Waals surface area contributed by atoms with Gasteiger partial charge in [-0.2, -0.15) is 0 Å². The average molecular weight is 274 g/mol. The number of aryl methyl sites for hydroxylation is 1. The van der Waals surface area contributed by atoms with Gasteiger partial charge in [-0.3, -0.25) is 5.41 Å². The number of aromatic amines is 1. The summed E-state index contributed by atoms with van der Waals surface area (Å²) in [5.41, 5.74) is 3.27. The highest BCUT2D eigenvalue weighted by Crippen LogP contribution is 2.06. The van der Waals surface area contributed by atoms with Gasteiger partial charge < -0.3 is 14.9 Å². The number of guanidine groups is 1. The summed E-state index contributed by atoms with van der Waals surface area (Å²) in [6, 6.07) is 0. The van der Waals surface area contributed by atoms with Crippen molar-refractivity contribution in [1.82, 2.24) is 20.7 Å². The fourth-order valence-electron chi connectivity index (χ4n) is 1.18. The smallest absolute Gasteiger partial charge is 0.251 e. The van der Waals surface area contributed by atoms with Gasteiger partial charge in [0.15, 0.2) is 5.03 Å². The van der Waals surface area contributed by atoms with E-state index >= 15 is 0 Å². The maximum atomic E-state index is 11.7. The minimum Gasteiger partial charge on any atom is -0.616 e. The Balaban J connectivity index is 2.21. The molecule has 0 spiro atoms. The Morgan fingerprint density at radius 1 is 1.72 bits per heavy atom. The molecule has 0 amide bonds. The van der Waals surface area contributed by atoms with E-state index in [2.05, 4.69) is 15.3 Å². The predicted octanol–water partition coefficient (Wildman–Crippen LogP) is -0.728. The summed E-state index contributed by atoms with van der Waals surface area (Å²) in [6.45, 7) is 2.06. The molecule has 1 atom stereocenters. The Bertz CT molecular complexity index is 423. The predicted molar refractivity (Wildman–Crippen MR) is 65.9 cm³/mol. The summed E-state index contributed by atoms with van der Waals surface area (Å²) >= 11 is -1.13. The van der Waals surface area contributed by atoms with E-state index in [0.717, 1.165) is 11.4 Å². The Kier molecular flexibility index (Phi) is 5.39. The highest BCUT2D eigenvalue weighted by Gasteiger charge is 2.12. The third kappa shape index (κ3) is 5.01. The summed E-state index contributed by atoms with van der Waals surface area (Å²) < 4.78 is 11.7. The lowest BCUT2D eigenvalue weighted by molar-refractivity contribution is -0.525. The maximum Gasteiger partial charge on any atom is 0.251 e. The van der Waals surface area contributed by atoms with Gasteiger partial charge in [0.25, 0.3) is 5.96 Å². The molecule has 0 saturated heterocycles. The third-order valence-corrected chi connectivity index (χ3v) is 3.32. The summed E-state index contributed by atoms with van der Waals surface area (Å²) in [5.74, 6) is 0.189. The van der Waals surface area contributed by atoms with Crippen LogP contribution in [0.15, 0.2) is 6.33 Å². The van der Waals surface area contributed by atoms with Crippen molar-refractivity contribution in [3.8, 4) is 0 Å². The molecule has 1 rings (SSSR count). The lowest BCUT2D eigenvalue weighted by Crippen LogP contribution is -2.41. The summed E-state index contributed by atoms with van der Waals surface area (Å²) in [6.07, 6.45) is 1.54. The van der Waals surface area contributed by atoms with Crippen molar-refractivity contribution in [2.24, 2.45) is 0 Å². The van der Waals surface area contributed by atoms with E-state index < -0.39 is 22.2 Å².